The van der Waals surface area contributed by atoms with Gasteiger partial charge in [-0.15, -0.1) is 0 Å². The van der Waals surface area contributed by atoms with Crippen LogP contribution in [0, 0.1) is 5.92 Å². The summed E-state index contributed by atoms with van der Waals surface area (Å²) in [6, 6.07) is 0. The van der Waals surface area contributed by atoms with Gasteiger partial charge in [-0.1, -0.05) is 20.8 Å². The minimum Gasteiger partial charge on any atom is -0.356 e. The number of anilines is 1. The first-order valence-corrected chi connectivity index (χ1v) is 7.93. The summed E-state index contributed by atoms with van der Waals surface area (Å²) >= 11 is 0. The predicted molar refractivity (Wildman–Crippen MR) is 84.4 cm³/mol. The minimum atomic E-state index is 0.144. The first kappa shape index (κ1) is 15.7. The SMILES string of the molecule is CCC(=O)NCC1CCN(c2ncc(C(C)C)cn2)CC1. The van der Waals surface area contributed by atoms with Crippen molar-refractivity contribution in [1.29, 1.82) is 0 Å². The Morgan fingerprint density at radius 3 is 2.48 bits per heavy atom. The predicted octanol–water partition coefficient (Wildman–Crippen LogP) is 2.34. The third kappa shape index (κ3) is 4.41. The van der Waals surface area contributed by atoms with Gasteiger partial charge in [-0.05, 0) is 30.2 Å². The molecule has 5 nitrogen and oxygen atoms in total. The van der Waals surface area contributed by atoms with Crippen molar-refractivity contribution in [2.45, 2.75) is 46.0 Å². The summed E-state index contributed by atoms with van der Waals surface area (Å²) < 4.78 is 0. The summed E-state index contributed by atoms with van der Waals surface area (Å²) in [6.45, 7) is 8.91. The number of piperidine rings is 1. The van der Waals surface area contributed by atoms with Gasteiger partial charge >= 0.3 is 0 Å². The van der Waals surface area contributed by atoms with Gasteiger partial charge in [-0.25, -0.2) is 9.97 Å². The molecule has 1 aromatic rings. The molecular formula is C16H26N4O. The van der Waals surface area contributed by atoms with E-state index in [1.165, 1.54) is 5.56 Å². The van der Waals surface area contributed by atoms with Gasteiger partial charge in [0.1, 0.15) is 0 Å². The molecule has 21 heavy (non-hydrogen) atoms. The van der Waals surface area contributed by atoms with Gasteiger partial charge in [-0.2, -0.15) is 0 Å². The summed E-state index contributed by atoms with van der Waals surface area (Å²) in [7, 11) is 0. The first-order chi connectivity index (χ1) is 10.1. The number of carbonyl (C=O) groups excluding carboxylic acids is 1. The average molecular weight is 290 g/mol. The lowest BCUT2D eigenvalue weighted by Gasteiger charge is -2.32. The molecule has 5 heteroatoms. The van der Waals surface area contributed by atoms with Crippen molar-refractivity contribution in [1.82, 2.24) is 15.3 Å². The van der Waals surface area contributed by atoms with E-state index in [1.54, 1.807) is 0 Å². The molecule has 0 atom stereocenters. The highest BCUT2D eigenvalue weighted by Gasteiger charge is 2.21. The topological polar surface area (TPSA) is 58.1 Å². The van der Waals surface area contributed by atoms with Gasteiger partial charge in [0.15, 0.2) is 0 Å². The molecule has 2 rings (SSSR count). The van der Waals surface area contributed by atoms with E-state index < -0.39 is 0 Å². The molecule has 1 aliphatic heterocycles. The highest BCUT2D eigenvalue weighted by molar-refractivity contribution is 5.75. The lowest BCUT2D eigenvalue weighted by molar-refractivity contribution is -0.120. The van der Waals surface area contributed by atoms with E-state index in [0.29, 0.717) is 18.3 Å². The van der Waals surface area contributed by atoms with Crippen molar-refractivity contribution < 1.29 is 4.79 Å². The van der Waals surface area contributed by atoms with Crippen molar-refractivity contribution in [3.63, 3.8) is 0 Å². The summed E-state index contributed by atoms with van der Waals surface area (Å²) in [5, 5.41) is 2.99. The van der Waals surface area contributed by atoms with Crippen LogP contribution in [-0.4, -0.2) is 35.5 Å². The van der Waals surface area contributed by atoms with E-state index in [0.717, 1.165) is 38.4 Å². The smallest absolute Gasteiger partial charge is 0.225 e. The summed E-state index contributed by atoms with van der Waals surface area (Å²) in [5.74, 6) is 2.01. The zero-order valence-corrected chi connectivity index (χ0v) is 13.3. The fraction of sp³-hybridized carbons (Fsp3) is 0.688. The molecule has 0 unspecified atom stereocenters. The van der Waals surface area contributed by atoms with Gasteiger partial charge in [0.25, 0.3) is 0 Å². The Morgan fingerprint density at radius 2 is 1.95 bits per heavy atom. The molecule has 0 aromatic carbocycles. The third-order valence-electron chi connectivity index (χ3n) is 4.13. The standard InChI is InChI=1S/C16H26N4O/c1-4-15(21)17-9-13-5-7-20(8-6-13)16-18-10-14(11-19-16)12(2)3/h10-13H,4-9H2,1-3H3,(H,17,21). The van der Waals surface area contributed by atoms with E-state index in [9.17, 15) is 4.79 Å². The van der Waals surface area contributed by atoms with Crippen molar-refractivity contribution >= 4 is 11.9 Å². The monoisotopic (exact) mass is 290 g/mol. The Bertz CT molecular complexity index is 450. The molecule has 0 radical (unpaired) electrons. The van der Waals surface area contributed by atoms with Crippen LogP contribution in [0.15, 0.2) is 12.4 Å². The van der Waals surface area contributed by atoms with Gasteiger partial charge < -0.3 is 10.2 Å². The number of hydrogen-bond acceptors (Lipinski definition) is 4. The maximum atomic E-state index is 11.3. The lowest BCUT2D eigenvalue weighted by Crippen LogP contribution is -2.39. The second kappa shape index (κ2) is 7.38. The Morgan fingerprint density at radius 1 is 1.33 bits per heavy atom. The molecule has 1 fully saturated rings. The van der Waals surface area contributed by atoms with Crippen LogP contribution >= 0.6 is 0 Å². The highest BCUT2D eigenvalue weighted by atomic mass is 16.1. The average Bonchev–Trinajstić information content (AvgIpc) is 2.53. The second-order valence-electron chi connectivity index (χ2n) is 6.06. The Hall–Kier alpha value is -1.65. The minimum absolute atomic E-state index is 0.144. The van der Waals surface area contributed by atoms with Crippen LogP contribution in [0.1, 0.15) is 51.5 Å². The van der Waals surface area contributed by atoms with E-state index >= 15 is 0 Å². The maximum absolute atomic E-state index is 11.3. The normalized spacial score (nSPS) is 16.3. The fourth-order valence-corrected chi connectivity index (χ4v) is 2.51. The number of aromatic nitrogens is 2. The molecule has 2 heterocycles. The number of carbonyl (C=O) groups is 1. The van der Waals surface area contributed by atoms with Crippen LogP contribution in [0.3, 0.4) is 0 Å². The quantitative estimate of drug-likeness (QED) is 0.904. The molecule has 1 saturated heterocycles. The Kier molecular flexibility index (Phi) is 5.53. The van der Waals surface area contributed by atoms with Crippen LogP contribution in [0.4, 0.5) is 5.95 Å². The molecule has 0 aliphatic carbocycles. The number of nitrogens with one attached hydrogen (secondary N) is 1. The number of nitrogens with zero attached hydrogens (tertiary/aromatic N) is 3. The van der Waals surface area contributed by atoms with Crippen LogP contribution in [0.5, 0.6) is 0 Å². The van der Waals surface area contributed by atoms with Crippen LogP contribution in [0.25, 0.3) is 0 Å². The number of rotatable bonds is 5. The van der Waals surface area contributed by atoms with Crippen LogP contribution < -0.4 is 10.2 Å². The Balaban J connectivity index is 1.82. The molecule has 0 bridgehead atoms. The summed E-state index contributed by atoms with van der Waals surface area (Å²) in [4.78, 5) is 22.5. The van der Waals surface area contributed by atoms with Gasteiger partial charge in [0.05, 0.1) is 0 Å². The zero-order valence-electron chi connectivity index (χ0n) is 13.3. The summed E-state index contributed by atoms with van der Waals surface area (Å²) in [5.41, 5.74) is 1.18. The molecule has 1 amide bonds. The maximum Gasteiger partial charge on any atom is 0.225 e. The van der Waals surface area contributed by atoms with Gasteiger partial charge in [0, 0.05) is 38.4 Å². The molecule has 1 N–H and O–H groups in total. The fourth-order valence-electron chi connectivity index (χ4n) is 2.51. The summed E-state index contributed by atoms with van der Waals surface area (Å²) in [6.07, 6.45) is 6.59. The molecule has 1 aliphatic rings. The van der Waals surface area contributed by atoms with Crippen molar-refractivity contribution in [2.75, 3.05) is 24.5 Å². The van der Waals surface area contributed by atoms with Crippen LogP contribution in [-0.2, 0) is 4.79 Å². The number of hydrogen-bond donors (Lipinski definition) is 1. The third-order valence-corrected chi connectivity index (χ3v) is 4.13. The van der Waals surface area contributed by atoms with E-state index in [-0.39, 0.29) is 5.91 Å². The molecular weight excluding hydrogens is 264 g/mol. The molecule has 116 valence electrons. The Labute approximate surface area is 127 Å². The highest BCUT2D eigenvalue weighted by Crippen LogP contribution is 2.21. The molecule has 0 saturated carbocycles. The lowest BCUT2D eigenvalue weighted by atomic mass is 9.97. The van der Waals surface area contributed by atoms with Crippen molar-refractivity contribution in [3.8, 4) is 0 Å². The molecule has 0 spiro atoms. The largest absolute Gasteiger partial charge is 0.356 e. The van der Waals surface area contributed by atoms with Gasteiger partial charge in [0.2, 0.25) is 11.9 Å². The van der Waals surface area contributed by atoms with E-state index in [1.807, 2.05) is 19.3 Å². The van der Waals surface area contributed by atoms with Gasteiger partial charge in [-0.3, -0.25) is 4.79 Å². The molecule has 1 aromatic heterocycles. The van der Waals surface area contributed by atoms with E-state index in [4.69, 9.17) is 0 Å². The second-order valence-corrected chi connectivity index (χ2v) is 6.06. The zero-order chi connectivity index (χ0) is 15.2. The first-order valence-electron chi connectivity index (χ1n) is 7.93. The van der Waals surface area contributed by atoms with Crippen LogP contribution in [0.2, 0.25) is 0 Å². The van der Waals surface area contributed by atoms with Crippen molar-refractivity contribution in [3.05, 3.63) is 18.0 Å². The van der Waals surface area contributed by atoms with E-state index in [2.05, 4.69) is 34.0 Å². The number of amides is 1. The van der Waals surface area contributed by atoms with Crippen molar-refractivity contribution in [2.24, 2.45) is 5.92 Å².